The maximum Gasteiger partial charge on any atom is 0.122 e. The number of rotatable bonds is 8. The first kappa shape index (κ1) is 19.7. The molecule has 150 valence electrons. The molecule has 0 aliphatic carbocycles. The second-order valence-corrected chi connectivity index (χ2v) is 7.06. The van der Waals surface area contributed by atoms with E-state index >= 15 is 0 Å². The molecule has 0 atom stereocenters. The van der Waals surface area contributed by atoms with Crippen LogP contribution in [0.2, 0.25) is 0 Å². The summed E-state index contributed by atoms with van der Waals surface area (Å²) in [6, 6.07) is 36.1. The Balaban J connectivity index is 1.24. The summed E-state index contributed by atoms with van der Waals surface area (Å²) in [6.07, 6.45) is -0.715. The van der Waals surface area contributed by atoms with Gasteiger partial charge in [-0.05, 0) is 46.5 Å². The van der Waals surface area contributed by atoms with E-state index in [0.717, 1.165) is 33.8 Å². The minimum absolute atomic E-state index is 0.173. The predicted octanol–water partition coefficient (Wildman–Crippen LogP) is 5.84. The van der Waals surface area contributed by atoms with Gasteiger partial charge in [-0.25, -0.2) is 0 Å². The van der Waals surface area contributed by atoms with Gasteiger partial charge in [-0.3, -0.25) is 0 Å². The highest BCUT2D eigenvalue weighted by atomic mass is 16.5. The van der Waals surface area contributed by atoms with Crippen molar-refractivity contribution in [2.45, 2.75) is 6.10 Å². The summed E-state index contributed by atoms with van der Waals surface area (Å²) in [5, 5.41) is 10.2. The lowest BCUT2D eigenvalue weighted by Crippen LogP contribution is -2.25. The Morgan fingerprint density at radius 1 is 0.467 bits per heavy atom. The molecule has 0 saturated carbocycles. The van der Waals surface area contributed by atoms with Crippen molar-refractivity contribution in [1.29, 1.82) is 0 Å². The van der Waals surface area contributed by atoms with E-state index in [2.05, 4.69) is 24.3 Å². The van der Waals surface area contributed by atoms with Crippen molar-refractivity contribution in [3.63, 3.8) is 0 Å². The number of benzene rings is 4. The van der Waals surface area contributed by atoms with Crippen LogP contribution < -0.4 is 9.47 Å². The Hall–Kier alpha value is -3.56. The highest BCUT2D eigenvalue weighted by Crippen LogP contribution is 2.23. The molecule has 0 aliphatic heterocycles. The third kappa shape index (κ3) is 5.28. The van der Waals surface area contributed by atoms with Crippen LogP contribution in [0.1, 0.15) is 0 Å². The molecule has 0 spiro atoms. The smallest absolute Gasteiger partial charge is 0.122 e. The highest BCUT2D eigenvalue weighted by Gasteiger charge is 2.07. The van der Waals surface area contributed by atoms with Gasteiger partial charge >= 0.3 is 0 Å². The molecule has 1 N–H and O–H groups in total. The van der Waals surface area contributed by atoms with Crippen LogP contribution >= 0.6 is 0 Å². The van der Waals surface area contributed by atoms with Gasteiger partial charge in [0.25, 0.3) is 0 Å². The minimum atomic E-state index is -0.715. The molecule has 0 unspecified atom stereocenters. The van der Waals surface area contributed by atoms with E-state index in [1.807, 2.05) is 84.9 Å². The average molecular weight is 396 g/mol. The lowest BCUT2D eigenvalue weighted by atomic mass is 10.1. The largest absolute Gasteiger partial charge is 0.491 e. The molecule has 0 amide bonds. The zero-order chi connectivity index (χ0) is 20.6. The van der Waals surface area contributed by atoms with Crippen molar-refractivity contribution in [2.24, 2.45) is 0 Å². The molecule has 30 heavy (non-hydrogen) atoms. The van der Waals surface area contributed by atoms with E-state index in [1.54, 1.807) is 0 Å². The highest BCUT2D eigenvalue weighted by molar-refractivity contribution is 5.64. The van der Waals surface area contributed by atoms with E-state index in [4.69, 9.17) is 9.47 Å². The van der Waals surface area contributed by atoms with E-state index in [9.17, 15) is 5.11 Å². The van der Waals surface area contributed by atoms with Crippen LogP contribution in [0.4, 0.5) is 0 Å². The van der Waals surface area contributed by atoms with E-state index in [-0.39, 0.29) is 13.2 Å². The van der Waals surface area contributed by atoms with Crippen LogP contribution in [-0.2, 0) is 0 Å². The summed E-state index contributed by atoms with van der Waals surface area (Å²) in [5.41, 5.74) is 4.59. The van der Waals surface area contributed by atoms with Gasteiger partial charge in [-0.1, -0.05) is 84.9 Å². The molecule has 0 radical (unpaired) electrons. The fourth-order valence-corrected chi connectivity index (χ4v) is 3.18. The Bertz CT molecular complexity index is 940. The van der Waals surface area contributed by atoms with Crippen LogP contribution in [0.15, 0.2) is 109 Å². The molecular formula is C27H24O3. The van der Waals surface area contributed by atoms with Crippen LogP contribution in [0.25, 0.3) is 22.3 Å². The topological polar surface area (TPSA) is 38.7 Å². The van der Waals surface area contributed by atoms with Gasteiger partial charge in [0, 0.05) is 0 Å². The molecule has 0 fully saturated rings. The number of aliphatic hydroxyl groups excluding tert-OH is 1. The van der Waals surface area contributed by atoms with Crippen molar-refractivity contribution in [1.82, 2.24) is 0 Å². The first-order chi connectivity index (χ1) is 14.8. The summed E-state index contributed by atoms with van der Waals surface area (Å²) in [6.45, 7) is 0.347. The molecule has 3 heteroatoms. The van der Waals surface area contributed by atoms with E-state index < -0.39 is 6.10 Å². The average Bonchev–Trinajstić information content (AvgIpc) is 2.83. The molecule has 0 aliphatic rings. The van der Waals surface area contributed by atoms with Crippen molar-refractivity contribution in [3.8, 4) is 33.8 Å². The van der Waals surface area contributed by atoms with Gasteiger partial charge in [0.2, 0.25) is 0 Å². The Kier molecular flexibility index (Phi) is 6.43. The molecular weight excluding hydrogens is 372 g/mol. The maximum atomic E-state index is 10.2. The van der Waals surface area contributed by atoms with Gasteiger partial charge in [0.05, 0.1) is 0 Å². The van der Waals surface area contributed by atoms with Gasteiger partial charge in [-0.15, -0.1) is 0 Å². The summed E-state index contributed by atoms with van der Waals surface area (Å²) >= 11 is 0. The van der Waals surface area contributed by atoms with Crippen LogP contribution in [0, 0.1) is 0 Å². The third-order valence-corrected chi connectivity index (χ3v) is 4.81. The van der Waals surface area contributed by atoms with Crippen LogP contribution in [-0.4, -0.2) is 24.4 Å². The molecule has 4 aromatic carbocycles. The molecule has 4 aromatic rings. The third-order valence-electron chi connectivity index (χ3n) is 4.81. The number of hydrogen-bond donors (Lipinski definition) is 1. The van der Waals surface area contributed by atoms with Crippen LogP contribution in [0.5, 0.6) is 11.5 Å². The van der Waals surface area contributed by atoms with Gasteiger partial charge in [-0.2, -0.15) is 0 Å². The van der Waals surface area contributed by atoms with Crippen molar-refractivity contribution < 1.29 is 14.6 Å². The fourth-order valence-electron chi connectivity index (χ4n) is 3.18. The lowest BCUT2D eigenvalue weighted by Gasteiger charge is -2.14. The van der Waals surface area contributed by atoms with Crippen LogP contribution in [0.3, 0.4) is 0 Å². The van der Waals surface area contributed by atoms with Gasteiger partial charge in [0.15, 0.2) is 0 Å². The maximum absolute atomic E-state index is 10.2. The monoisotopic (exact) mass is 396 g/mol. The summed E-state index contributed by atoms with van der Waals surface area (Å²) in [5.74, 6) is 1.45. The predicted molar refractivity (Wildman–Crippen MR) is 121 cm³/mol. The standard InChI is InChI=1S/C27H24O3/c28-25(19-29-26-15-11-23(12-16-26)21-7-3-1-4-8-21)20-30-27-17-13-24(14-18-27)22-9-5-2-6-10-22/h1-18,25,28H,19-20H2. The molecule has 4 rings (SSSR count). The minimum Gasteiger partial charge on any atom is -0.491 e. The summed E-state index contributed by atoms with van der Waals surface area (Å²) in [4.78, 5) is 0. The van der Waals surface area contributed by atoms with Gasteiger partial charge < -0.3 is 14.6 Å². The molecule has 0 bridgehead atoms. The SMILES string of the molecule is OC(COc1ccc(-c2ccccc2)cc1)COc1ccc(-c2ccccc2)cc1. The number of ether oxygens (including phenoxy) is 2. The van der Waals surface area contributed by atoms with E-state index in [1.165, 1.54) is 0 Å². The second-order valence-electron chi connectivity index (χ2n) is 7.06. The number of hydrogen-bond acceptors (Lipinski definition) is 3. The Morgan fingerprint density at radius 3 is 1.17 bits per heavy atom. The van der Waals surface area contributed by atoms with Gasteiger partial charge in [0.1, 0.15) is 30.8 Å². The number of aliphatic hydroxyl groups is 1. The van der Waals surface area contributed by atoms with Crippen molar-refractivity contribution in [3.05, 3.63) is 109 Å². The molecule has 0 aromatic heterocycles. The Morgan fingerprint density at radius 2 is 0.800 bits per heavy atom. The first-order valence-corrected chi connectivity index (χ1v) is 10.0. The summed E-state index contributed by atoms with van der Waals surface area (Å²) in [7, 11) is 0. The molecule has 0 heterocycles. The van der Waals surface area contributed by atoms with Crippen molar-refractivity contribution in [2.75, 3.05) is 13.2 Å². The zero-order valence-corrected chi connectivity index (χ0v) is 16.6. The quantitative estimate of drug-likeness (QED) is 0.407. The molecule has 0 saturated heterocycles. The Labute approximate surface area is 177 Å². The first-order valence-electron chi connectivity index (χ1n) is 10.0. The summed E-state index contributed by atoms with van der Waals surface area (Å²) < 4.78 is 11.4. The second kappa shape index (κ2) is 9.77. The normalized spacial score (nSPS) is 10.7. The molecule has 3 nitrogen and oxygen atoms in total. The van der Waals surface area contributed by atoms with E-state index in [0.29, 0.717) is 0 Å². The fraction of sp³-hybridized carbons (Fsp3) is 0.111. The van der Waals surface area contributed by atoms with Crippen molar-refractivity contribution >= 4 is 0 Å². The zero-order valence-electron chi connectivity index (χ0n) is 16.6. The lowest BCUT2D eigenvalue weighted by molar-refractivity contribution is 0.0626.